The minimum atomic E-state index is -1.04. The average molecular weight is 495 g/mol. The van der Waals surface area contributed by atoms with E-state index in [4.69, 9.17) is 4.74 Å². The van der Waals surface area contributed by atoms with Crippen molar-refractivity contribution in [2.75, 3.05) is 0 Å². The van der Waals surface area contributed by atoms with E-state index in [9.17, 15) is 15.0 Å². The number of hydrogen-bond acceptors (Lipinski definition) is 4. The number of phenols is 1. The molecular weight excluding hydrogens is 448 g/mol. The fourth-order valence-corrected chi connectivity index (χ4v) is 4.65. The van der Waals surface area contributed by atoms with Crippen molar-refractivity contribution in [2.45, 2.75) is 112 Å². The Morgan fingerprint density at radius 1 is 1.03 bits per heavy atom. The van der Waals surface area contributed by atoms with E-state index in [1.807, 2.05) is 32.9 Å². The molecule has 0 radical (unpaired) electrons. The predicted octanol–water partition coefficient (Wildman–Crippen LogP) is 7.86. The number of ether oxygens (including phenoxy) is 1. The van der Waals surface area contributed by atoms with Crippen molar-refractivity contribution in [3.63, 3.8) is 0 Å². The third kappa shape index (κ3) is 9.46. The van der Waals surface area contributed by atoms with Crippen molar-refractivity contribution in [1.29, 1.82) is 0 Å². The van der Waals surface area contributed by atoms with Gasteiger partial charge in [-0.15, -0.1) is 0 Å². The van der Waals surface area contributed by atoms with Crippen LogP contribution in [0.25, 0.3) is 0 Å². The first-order chi connectivity index (χ1) is 16.9. The van der Waals surface area contributed by atoms with Gasteiger partial charge in [0.1, 0.15) is 23.2 Å². The number of aromatic hydroxyl groups is 1. The summed E-state index contributed by atoms with van der Waals surface area (Å²) in [6, 6.07) is 3.60. The van der Waals surface area contributed by atoms with E-state index in [1.165, 1.54) is 11.1 Å². The zero-order valence-electron chi connectivity index (χ0n) is 23.4. The van der Waals surface area contributed by atoms with Gasteiger partial charge in [-0.3, -0.25) is 4.79 Å². The lowest BCUT2D eigenvalue weighted by atomic mass is 9.87. The molecule has 4 heteroatoms. The molecule has 0 amide bonds. The molecule has 2 rings (SSSR count). The van der Waals surface area contributed by atoms with Crippen LogP contribution in [-0.2, 0) is 11.2 Å². The zero-order valence-corrected chi connectivity index (χ0v) is 23.4. The average Bonchev–Trinajstić information content (AvgIpc) is 2.78. The van der Waals surface area contributed by atoms with Gasteiger partial charge in [0.2, 0.25) is 0 Å². The van der Waals surface area contributed by atoms with Crippen LogP contribution in [0.2, 0.25) is 0 Å². The van der Waals surface area contributed by atoms with Crippen LogP contribution in [0.5, 0.6) is 11.5 Å². The van der Waals surface area contributed by atoms with Gasteiger partial charge in [-0.05, 0) is 135 Å². The topological polar surface area (TPSA) is 66.8 Å². The smallest absolute Gasteiger partial charge is 0.190 e. The van der Waals surface area contributed by atoms with Crippen molar-refractivity contribution < 1.29 is 19.7 Å². The van der Waals surface area contributed by atoms with Crippen LogP contribution >= 0.6 is 0 Å². The largest absolute Gasteiger partial charge is 0.508 e. The molecule has 0 aromatic heterocycles. The number of phenolic OH excluding ortho intramolecular Hbond substituents is 1. The number of aliphatic hydroxyl groups excluding tert-OH is 1. The highest BCUT2D eigenvalue weighted by atomic mass is 16.5. The summed E-state index contributed by atoms with van der Waals surface area (Å²) in [5, 5.41) is 19.8. The van der Waals surface area contributed by atoms with E-state index in [0.29, 0.717) is 11.3 Å². The lowest BCUT2D eigenvalue weighted by Gasteiger charge is -2.36. The van der Waals surface area contributed by atoms with Gasteiger partial charge in [-0.1, -0.05) is 34.9 Å². The molecule has 4 nitrogen and oxygen atoms in total. The number of aryl methyl sites for hydroxylation is 2. The van der Waals surface area contributed by atoms with Gasteiger partial charge in [0.25, 0.3) is 0 Å². The van der Waals surface area contributed by atoms with Crippen molar-refractivity contribution in [1.82, 2.24) is 0 Å². The molecule has 0 saturated carbocycles. The molecule has 0 saturated heterocycles. The summed E-state index contributed by atoms with van der Waals surface area (Å²) in [5.41, 5.74) is 6.23. The van der Waals surface area contributed by atoms with Gasteiger partial charge in [0.05, 0.1) is 0 Å². The Hall–Kier alpha value is -2.59. The number of allylic oxidation sites excluding steroid dienone is 6. The molecule has 1 heterocycles. The lowest BCUT2D eigenvalue weighted by Crippen LogP contribution is -2.36. The summed E-state index contributed by atoms with van der Waals surface area (Å²) in [7, 11) is 0. The first-order valence-corrected chi connectivity index (χ1v) is 13.3. The Morgan fingerprint density at radius 3 is 2.28 bits per heavy atom. The van der Waals surface area contributed by atoms with Crippen molar-refractivity contribution in [3.05, 3.63) is 69.9 Å². The highest BCUT2D eigenvalue weighted by Gasteiger charge is 2.32. The molecule has 36 heavy (non-hydrogen) atoms. The van der Waals surface area contributed by atoms with E-state index in [-0.39, 0.29) is 11.4 Å². The summed E-state index contributed by atoms with van der Waals surface area (Å²) < 4.78 is 6.41. The second kappa shape index (κ2) is 13.6. The molecule has 1 aromatic rings. The molecule has 2 atom stereocenters. The number of Topliss-reactive ketones (excluding diaryl/α,β-unsaturated/α-hetero) is 1. The fraction of sp³-hybridized carbons (Fsp3) is 0.531. The van der Waals surface area contributed by atoms with E-state index in [0.717, 1.165) is 73.8 Å². The number of carbonyl (C=O) groups excluding carboxylic acids is 1. The Bertz CT molecular complexity index is 1040. The van der Waals surface area contributed by atoms with Crippen LogP contribution in [0.3, 0.4) is 0 Å². The van der Waals surface area contributed by atoms with Gasteiger partial charge in [0, 0.05) is 0 Å². The monoisotopic (exact) mass is 494 g/mol. The standard InChI is InChI=1S/C32H46O4/c1-22(2)19-29(34)30(35)25(5)15-9-13-23(3)11-8-12-24(4)14-10-17-32(7)18-16-27-21-28(33)20-26(6)31(27)36-32/h11,14-15,19-21,29,33-34H,8-10,12-13,16-18H2,1-7H3/b23-11+,24-14+,25-15+/t29-,32-/m1/s1. The molecule has 0 bridgehead atoms. The molecule has 2 N–H and O–H groups in total. The van der Waals surface area contributed by atoms with Gasteiger partial charge in [-0.2, -0.15) is 0 Å². The van der Waals surface area contributed by atoms with Crippen LogP contribution in [-0.4, -0.2) is 27.7 Å². The Kier molecular flexibility index (Phi) is 11.2. The molecule has 0 unspecified atom stereocenters. The molecule has 0 aliphatic carbocycles. The van der Waals surface area contributed by atoms with E-state index in [1.54, 1.807) is 19.1 Å². The SMILES string of the molecule is CC(C)=C[C@@H](O)C(=O)/C(C)=C/CC/C(C)=C/CC/C(C)=C/CC[C@]1(C)CCc2cc(O)cc(C)c2O1. The zero-order chi connectivity index (χ0) is 26.9. The third-order valence-electron chi connectivity index (χ3n) is 6.94. The number of ketones is 1. The Labute approximate surface area is 218 Å². The van der Waals surface area contributed by atoms with Crippen LogP contribution in [0, 0.1) is 6.92 Å². The maximum atomic E-state index is 12.2. The number of hydrogen-bond donors (Lipinski definition) is 2. The number of aliphatic hydroxyl groups is 1. The van der Waals surface area contributed by atoms with Crippen molar-refractivity contribution in [2.24, 2.45) is 0 Å². The summed E-state index contributed by atoms with van der Waals surface area (Å²) in [5.74, 6) is 1.05. The molecule has 198 valence electrons. The van der Waals surface area contributed by atoms with E-state index in [2.05, 4.69) is 32.9 Å². The normalized spacial score (nSPS) is 19.4. The van der Waals surface area contributed by atoms with Gasteiger partial charge < -0.3 is 14.9 Å². The predicted molar refractivity (Wildman–Crippen MR) is 150 cm³/mol. The van der Waals surface area contributed by atoms with Gasteiger partial charge in [-0.25, -0.2) is 0 Å². The molecule has 1 aliphatic heterocycles. The molecule has 1 aliphatic rings. The molecule has 0 fully saturated rings. The minimum Gasteiger partial charge on any atom is -0.508 e. The lowest BCUT2D eigenvalue weighted by molar-refractivity contribution is -0.121. The minimum absolute atomic E-state index is 0.170. The van der Waals surface area contributed by atoms with E-state index < -0.39 is 6.10 Å². The van der Waals surface area contributed by atoms with Crippen molar-refractivity contribution in [3.8, 4) is 11.5 Å². The number of fused-ring (bicyclic) bond motifs is 1. The first-order valence-electron chi connectivity index (χ1n) is 13.3. The van der Waals surface area contributed by atoms with Crippen molar-refractivity contribution >= 4 is 5.78 Å². The van der Waals surface area contributed by atoms with Gasteiger partial charge in [0.15, 0.2) is 5.78 Å². The van der Waals surface area contributed by atoms with Crippen LogP contribution < -0.4 is 4.74 Å². The second-order valence-electron chi connectivity index (χ2n) is 11.0. The summed E-state index contributed by atoms with van der Waals surface area (Å²) in [4.78, 5) is 12.2. The molecule has 0 spiro atoms. The first kappa shape index (κ1) is 29.6. The van der Waals surface area contributed by atoms with Crippen LogP contribution in [0.4, 0.5) is 0 Å². The Morgan fingerprint density at radius 2 is 1.64 bits per heavy atom. The highest BCUT2D eigenvalue weighted by Crippen LogP contribution is 2.39. The quantitative estimate of drug-likeness (QED) is 0.229. The number of benzene rings is 1. The van der Waals surface area contributed by atoms with Crippen LogP contribution in [0.15, 0.2) is 58.7 Å². The second-order valence-corrected chi connectivity index (χ2v) is 11.0. The third-order valence-corrected chi connectivity index (χ3v) is 6.94. The summed E-state index contributed by atoms with van der Waals surface area (Å²) in [6.07, 6.45) is 14.8. The maximum Gasteiger partial charge on any atom is 0.190 e. The highest BCUT2D eigenvalue weighted by molar-refractivity contribution is 5.99. The number of carbonyl (C=O) groups is 1. The van der Waals surface area contributed by atoms with Crippen LogP contribution in [0.1, 0.15) is 97.6 Å². The fourth-order valence-electron chi connectivity index (χ4n) is 4.65. The number of rotatable bonds is 12. The molecule has 1 aromatic carbocycles. The Balaban J connectivity index is 1.75. The summed E-state index contributed by atoms with van der Waals surface area (Å²) >= 11 is 0. The molecular formula is C32H46O4. The van der Waals surface area contributed by atoms with Gasteiger partial charge >= 0.3 is 0 Å². The summed E-state index contributed by atoms with van der Waals surface area (Å²) in [6.45, 7) is 14.1. The maximum absolute atomic E-state index is 12.2. The van der Waals surface area contributed by atoms with E-state index >= 15 is 0 Å².